The quantitative estimate of drug-likeness (QED) is 0.823. The monoisotopic (exact) mass is 273 g/mol. The van der Waals surface area contributed by atoms with E-state index in [9.17, 15) is 0 Å². The first-order valence-electron chi connectivity index (χ1n) is 6.91. The molecule has 20 heavy (non-hydrogen) atoms. The summed E-state index contributed by atoms with van der Waals surface area (Å²) in [5.74, 6) is 3.36. The zero-order valence-electron chi connectivity index (χ0n) is 11.9. The summed E-state index contributed by atoms with van der Waals surface area (Å²) in [5.41, 5.74) is 0. The fourth-order valence-corrected chi connectivity index (χ4v) is 2.59. The molecule has 0 N–H and O–H groups in total. The number of imidazole rings is 1. The fraction of sp³-hybridized carbons (Fsp3) is 0.500. The minimum absolute atomic E-state index is 0.612. The van der Waals surface area contributed by atoms with E-state index in [-0.39, 0.29) is 0 Å². The minimum Gasteiger partial charge on any atom is -0.481 e. The van der Waals surface area contributed by atoms with Crippen LogP contribution in [0.1, 0.15) is 12.7 Å². The Hall–Kier alpha value is -2.11. The number of hydrogen-bond acceptors (Lipinski definition) is 5. The van der Waals surface area contributed by atoms with E-state index in [2.05, 4.69) is 37.5 Å². The number of methoxy groups -OCH3 is 1. The lowest BCUT2D eigenvalue weighted by atomic mass is 10.00. The molecule has 2 aromatic heterocycles. The van der Waals surface area contributed by atoms with Crippen LogP contribution in [0.4, 0.5) is 5.82 Å². The first-order chi connectivity index (χ1) is 9.80. The van der Waals surface area contributed by atoms with Gasteiger partial charge in [-0.2, -0.15) is 0 Å². The van der Waals surface area contributed by atoms with Crippen LogP contribution >= 0.6 is 0 Å². The highest BCUT2D eigenvalue weighted by molar-refractivity contribution is 5.43. The molecule has 1 aliphatic heterocycles. The highest BCUT2D eigenvalue weighted by Gasteiger charge is 2.28. The smallest absolute Gasteiger partial charge is 0.218 e. The second-order valence-electron chi connectivity index (χ2n) is 5.04. The SMILES string of the molecule is CCc1nccn1CC1CN(c2cc(OC)ncn2)C1. The summed E-state index contributed by atoms with van der Waals surface area (Å²) in [6, 6.07) is 1.88. The predicted molar refractivity (Wildman–Crippen MR) is 75.9 cm³/mol. The van der Waals surface area contributed by atoms with Crippen LogP contribution in [0.5, 0.6) is 5.88 Å². The van der Waals surface area contributed by atoms with E-state index in [0.717, 1.165) is 37.7 Å². The van der Waals surface area contributed by atoms with Crippen molar-refractivity contribution in [2.24, 2.45) is 5.92 Å². The largest absolute Gasteiger partial charge is 0.481 e. The number of aryl methyl sites for hydroxylation is 1. The number of aromatic nitrogens is 4. The highest BCUT2D eigenvalue weighted by atomic mass is 16.5. The molecule has 1 fully saturated rings. The van der Waals surface area contributed by atoms with Gasteiger partial charge in [-0.05, 0) is 0 Å². The Bertz CT molecular complexity index is 576. The predicted octanol–water partition coefficient (Wildman–Crippen LogP) is 1.38. The van der Waals surface area contributed by atoms with Gasteiger partial charge < -0.3 is 14.2 Å². The molecule has 3 rings (SSSR count). The Morgan fingerprint density at radius 2 is 2.15 bits per heavy atom. The van der Waals surface area contributed by atoms with Crippen LogP contribution in [0.15, 0.2) is 24.8 Å². The van der Waals surface area contributed by atoms with Crippen LogP contribution in [0.2, 0.25) is 0 Å². The minimum atomic E-state index is 0.612. The van der Waals surface area contributed by atoms with Crippen molar-refractivity contribution in [1.82, 2.24) is 19.5 Å². The van der Waals surface area contributed by atoms with Crippen molar-refractivity contribution in [2.45, 2.75) is 19.9 Å². The van der Waals surface area contributed by atoms with Crippen molar-refractivity contribution in [2.75, 3.05) is 25.1 Å². The maximum Gasteiger partial charge on any atom is 0.218 e. The second kappa shape index (κ2) is 5.48. The normalized spacial score (nSPS) is 15.2. The first-order valence-corrected chi connectivity index (χ1v) is 6.91. The Morgan fingerprint density at radius 3 is 2.90 bits per heavy atom. The number of rotatable bonds is 5. The third kappa shape index (κ3) is 2.45. The highest BCUT2D eigenvalue weighted by Crippen LogP contribution is 2.25. The summed E-state index contributed by atoms with van der Waals surface area (Å²) in [4.78, 5) is 14.9. The molecule has 0 radical (unpaired) electrons. The molecule has 0 saturated carbocycles. The van der Waals surface area contributed by atoms with Crippen molar-refractivity contribution >= 4 is 5.82 Å². The molecule has 106 valence electrons. The molecule has 0 aromatic carbocycles. The van der Waals surface area contributed by atoms with Gasteiger partial charge in [0.15, 0.2) is 0 Å². The Morgan fingerprint density at radius 1 is 1.30 bits per heavy atom. The maximum absolute atomic E-state index is 5.13. The Kier molecular flexibility index (Phi) is 3.54. The Labute approximate surface area is 118 Å². The summed E-state index contributed by atoms with van der Waals surface area (Å²) < 4.78 is 7.38. The summed E-state index contributed by atoms with van der Waals surface area (Å²) in [6.07, 6.45) is 6.47. The van der Waals surface area contributed by atoms with E-state index in [1.54, 1.807) is 13.4 Å². The van der Waals surface area contributed by atoms with Crippen molar-refractivity contribution in [3.63, 3.8) is 0 Å². The van der Waals surface area contributed by atoms with Gasteiger partial charge in [0.05, 0.1) is 7.11 Å². The molecule has 0 amide bonds. The summed E-state index contributed by atoms with van der Waals surface area (Å²) in [7, 11) is 1.62. The molecule has 6 nitrogen and oxygen atoms in total. The zero-order chi connectivity index (χ0) is 13.9. The first kappa shape index (κ1) is 12.9. The Balaban J connectivity index is 1.58. The third-order valence-electron chi connectivity index (χ3n) is 3.69. The average molecular weight is 273 g/mol. The van der Waals surface area contributed by atoms with Gasteiger partial charge >= 0.3 is 0 Å². The fourth-order valence-electron chi connectivity index (χ4n) is 2.59. The number of hydrogen-bond donors (Lipinski definition) is 0. The van der Waals surface area contributed by atoms with E-state index < -0.39 is 0 Å². The summed E-state index contributed by atoms with van der Waals surface area (Å²) in [6.45, 7) is 5.20. The van der Waals surface area contributed by atoms with Crippen molar-refractivity contribution in [3.05, 3.63) is 30.6 Å². The van der Waals surface area contributed by atoms with Crippen molar-refractivity contribution in [1.29, 1.82) is 0 Å². The molecular weight excluding hydrogens is 254 g/mol. The van der Waals surface area contributed by atoms with E-state index in [1.165, 1.54) is 0 Å². The van der Waals surface area contributed by atoms with E-state index >= 15 is 0 Å². The summed E-state index contributed by atoms with van der Waals surface area (Å²) >= 11 is 0. The topological polar surface area (TPSA) is 56.1 Å². The van der Waals surface area contributed by atoms with Crippen molar-refractivity contribution < 1.29 is 4.74 Å². The number of anilines is 1. The second-order valence-corrected chi connectivity index (χ2v) is 5.04. The number of ether oxygens (including phenoxy) is 1. The molecule has 2 aromatic rings. The van der Waals surface area contributed by atoms with Gasteiger partial charge in [-0.25, -0.2) is 15.0 Å². The van der Waals surface area contributed by atoms with Crippen LogP contribution in [-0.2, 0) is 13.0 Å². The van der Waals surface area contributed by atoms with Crippen LogP contribution in [0, 0.1) is 5.92 Å². The standard InChI is InChI=1S/C14H19N5O/c1-3-12-15-4-5-18(12)7-11-8-19(9-11)13-6-14(20-2)17-10-16-13/h4-6,10-11H,3,7-9H2,1-2H3. The maximum atomic E-state index is 5.13. The summed E-state index contributed by atoms with van der Waals surface area (Å²) in [5, 5.41) is 0. The van der Waals surface area contributed by atoms with E-state index in [1.807, 2.05) is 12.3 Å². The van der Waals surface area contributed by atoms with Gasteiger partial charge in [0.2, 0.25) is 5.88 Å². The molecule has 0 aliphatic carbocycles. The van der Waals surface area contributed by atoms with Crippen LogP contribution in [0.3, 0.4) is 0 Å². The zero-order valence-corrected chi connectivity index (χ0v) is 11.9. The van der Waals surface area contributed by atoms with E-state index in [4.69, 9.17) is 4.74 Å². The molecule has 0 atom stereocenters. The molecule has 0 spiro atoms. The molecule has 1 saturated heterocycles. The molecule has 0 bridgehead atoms. The molecule has 1 aliphatic rings. The van der Waals surface area contributed by atoms with Gasteiger partial charge in [0, 0.05) is 50.4 Å². The van der Waals surface area contributed by atoms with Crippen LogP contribution in [-0.4, -0.2) is 39.7 Å². The van der Waals surface area contributed by atoms with Gasteiger partial charge in [0.25, 0.3) is 0 Å². The van der Waals surface area contributed by atoms with Gasteiger partial charge in [-0.3, -0.25) is 0 Å². The molecular formula is C14H19N5O. The van der Waals surface area contributed by atoms with Gasteiger partial charge in [-0.1, -0.05) is 6.92 Å². The van der Waals surface area contributed by atoms with E-state index in [0.29, 0.717) is 11.8 Å². The van der Waals surface area contributed by atoms with Crippen LogP contribution < -0.4 is 9.64 Å². The molecule has 6 heteroatoms. The number of nitrogens with zero attached hydrogens (tertiary/aromatic N) is 5. The van der Waals surface area contributed by atoms with Crippen LogP contribution in [0.25, 0.3) is 0 Å². The molecule has 0 unspecified atom stereocenters. The average Bonchev–Trinajstić information content (AvgIpc) is 2.89. The lowest BCUT2D eigenvalue weighted by molar-refractivity contribution is 0.349. The van der Waals surface area contributed by atoms with Gasteiger partial charge in [-0.15, -0.1) is 0 Å². The third-order valence-corrected chi connectivity index (χ3v) is 3.69. The lowest BCUT2D eigenvalue weighted by Crippen LogP contribution is -2.49. The lowest BCUT2D eigenvalue weighted by Gasteiger charge is -2.40. The van der Waals surface area contributed by atoms with Crippen molar-refractivity contribution in [3.8, 4) is 5.88 Å². The molecule has 3 heterocycles. The van der Waals surface area contributed by atoms with Gasteiger partial charge in [0.1, 0.15) is 18.0 Å².